The summed E-state index contributed by atoms with van der Waals surface area (Å²) in [5.41, 5.74) is 1.92. The van der Waals surface area contributed by atoms with Crippen molar-refractivity contribution < 1.29 is 18.3 Å². The van der Waals surface area contributed by atoms with Gasteiger partial charge in [0, 0.05) is 5.69 Å². The van der Waals surface area contributed by atoms with Crippen molar-refractivity contribution >= 4 is 11.6 Å². The molecule has 0 radical (unpaired) electrons. The molecular weight excluding hydrogens is 321 g/mol. The Kier molecular flexibility index (Phi) is 5.14. The van der Waals surface area contributed by atoms with Gasteiger partial charge >= 0.3 is 0 Å². The van der Waals surface area contributed by atoms with Crippen LogP contribution in [0.15, 0.2) is 65.1 Å². The predicted octanol–water partition coefficient (Wildman–Crippen LogP) is 4.81. The first kappa shape index (κ1) is 16.8. The molecule has 0 bridgehead atoms. The fourth-order valence-electron chi connectivity index (χ4n) is 2.28. The maximum Gasteiger partial charge on any atom is 0.291 e. The van der Waals surface area contributed by atoms with Crippen molar-refractivity contribution in [2.45, 2.75) is 20.0 Å². The van der Waals surface area contributed by atoms with Gasteiger partial charge in [-0.1, -0.05) is 19.1 Å². The molecule has 1 heterocycles. The molecule has 0 aliphatic rings. The molecule has 0 saturated carbocycles. The van der Waals surface area contributed by atoms with E-state index in [1.807, 2.05) is 24.3 Å². The first-order valence-corrected chi connectivity index (χ1v) is 8.01. The molecule has 1 amide bonds. The number of anilines is 1. The highest BCUT2D eigenvalue weighted by Gasteiger charge is 2.12. The van der Waals surface area contributed by atoms with Crippen molar-refractivity contribution in [2.75, 3.05) is 5.32 Å². The summed E-state index contributed by atoms with van der Waals surface area (Å²) in [7, 11) is 0. The van der Waals surface area contributed by atoms with Crippen molar-refractivity contribution in [3.63, 3.8) is 0 Å². The number of nitrogens with one attached hydrogen (secondary N) is 1. The zero-order chi connectivity index (χ0) is 17.6. The van der Waals surface area contributed by atoms with Gasteiger partial charge in [-0.25, -0.2) is 4.39 Å². The van der Waals surface area contributed by atoms with Crippen LogP contribution in [0.2, 0.25) is 0 Å². The average Bonchev–Trinajstić information content (AvgIpc) is 3.11. The quantitative estimate of drug-likeness (QED) is 0.701. The molecule has 2 aromatic carbocycles. The highest BCUT2D eigenvalue weighted by molar-refractivity contribution is 6.02. The molecule has 0 saturated heterocycles. The lowest BCUT2D eigenvalue weighted by atomic mass is 10.1. The molecule has 0 spiro atoms. The normalized spacial score (nSPS) is 10.5. The Morgan fingerprint density at radius 1 is 1.04 bits per heavy atom. The van der Waals surface area contributed by atoms with Crippen molar-refractivity contribution in [1.82, 2.24) is 0 Å². The summed E-state index contributed by atoms with van der Waals surface area (Å²) >= 11 is 0. The number of carbonyl (C=O) groups is 1. The number of halogens is 1. The summed E-state index contributed by atoms with van der Waals surface area (Å²) < 4.78 is 23.8. The molecule has 0 unspecified atom stereocenters. The number of benzene rings is 2. The summed E-state index contributed by atoms with van der Waals surface area (Å²) in [5.74, 6) is 0.599. The first-order chi connectivity index (χ1) is 12.1. The Morgan fingerprint density at radius 2 is 1.76 bits per heavy atom. The predicted molar refractivity (Wildman–Crippen MR) is 93.2 cm³/mol. The largest absolute Gasteiger partial charge is 0.486 e. The fourth-order valence-corrected chi connectivity index (χ4v) is 2.28. The van der Waals surface area contributed by atoms with E-state index in [-0.39, 0.29) is 24.1 Å². The minimum absolute atomic E-state index is 0.157. The van der Waals surface area contributed by atoms with E-state index in [1.165, 1.54) is 29.8 Å². The number of hydrogen-bond donors (Lipinski definition) is 1. The second-order valence-electron chi connectivity index (χ2n) is 5.51. The number of hydrogen-bond acceptors (Lipinski definition) is 3. The molecule has 3 rings (SSSR count). The van der Waals surface area contributed by atoms with Crippen molar-refractivity contribution in [3.8, 4) is 5.75 Å². The summed E-state index contributed by atoms with van der Waals surface area (Å²) in [6.45, 7) is 2.23. The van der Waals surface area contributed by atoms with Crippen LogP contribution in [0.3, 0.4) is 0 Å². The van der Waals surface area contributed by atoms with E-state index in [4.69, 9.17) is 9.15 Å². The van der Waals surface area contributed by atoms with E-state index in [0.717, 1.165) is 6.42 Å². The van der Waals surface area contributed by atoms with Crippen LogP contribution in [0, 0.1) is 5.82 Å². The molecule has 0 aliphatic carbocycles. The lowest BCUT2D eigenvalue weighted by Crippen LogP contribution is -2.10. The van der Waals surface area contributed by atoms with Gasteiger partial charge in [-0.3, -0.25) is 4.79 Å². The van der Waals surface area contributed by atoms with Crippen LogP contribution in [-0.4, -0.2) is 5.91 Å². The molecule has 0 atom stereocenters. The SMILES string of the molecule is CCc1ccc(NC(=O)c2ccc(COc3ccc(F)cc3)o2)cc1. The number of aryl methyl sites for hydroxylation is 1. The highest BCUT2D eigenvalue weighted by Crippen LogP contribution is 2.16. The van der Waals surface area contributed by atoms with Crippen LogP contribution in [0.5, 0.6) is 5.75 Å². The van der Waals surface area contributed by atoms with Crippen LogP contribution < -0.4 is 10.1 Å². The molecule has 128 valence electrons. The molecule has 4 nitrogen and oxygen atoms in total. The second kappa shape index (κ2) is 7.66. The maximum atomic E-state index is 12.8. The number of ether oxygens (including phenoxy) is 1. The molecule has 0 aliphatic heterocycles. The van der Waals surface area contributed by atoms with Crippen LogP contribution in [0.4, 0.5) is 10.1 Å². The zero-order valence-electron chi connectivity index (χ0n) is 13.8. The summed E-state index contributed by atoms with van der Waals surface area (Å²) in [6.07, 6.45) is 0.948. The van der Waals surface area contributed by atoms with E-state index in [1.54, 1.807) is 12.1 Å². The van der Waals surface area contributed by atoms with Gasteiger partial charge in [0.05, 0.1) is 0 Å². The van der Waals surface area contributed by atoms with Crippen LogP contribution in [0.25, 0.3) is 0 Å². The van der Waals surface area contributed by atoms with Gasteiger partial charge in [0.1, 0.15) is 23.9 Å². The van der Waals surface area contributed by atoms with E-state index in [9.17, 15) is 9.18 Å². The molecule has 25 heavy (non-hydrogen) atoms. The first-order valence-electron chi connectivity index (χ1n) is 8.01. The van der Waals surface area contributed by atoms with Crippen molar-refractivity contribution in [2.24, 2.45) is 0 Å². The van der Waals surface area contributed by atoms with E-state index in [2.05, 4.69) is 12.2 Å². The molecule has 5 heteroatoms. The van der Waals surface area contributed by atoms with E-state index >= 15 is 0 Å². The van der Waals surface area contributed by atoms with Gasteiger partial charge in [0.2, 0.25) is 0 Å². The minimum atomic E-state index is -0.323. The summed E-state index contributed by atoms with van der Waals surface area (Å²) in [4.78, 5) is 12.2. The third kappa shape index (κ3) is 4.47. The lowest BCUT2D eigenvalue weighted by Gasteiger charge is -2.05. The summed E-state index contributed by atoms with van der Waals surface area (Å²) in [5, 5.41) is 2.79. The maximum absolute atomic E-state index is 12.8. The molecular formula is C20H18FNO3. The third-order valence-electron chi connectivity index (χ3n) is 3.70. The molecule has 1 N–H and O–H groups in total. The van der Waals surface area contributed by atoms with Gasteiger partial charge in [-0.15, -0.1) is 0 Å². The number of carbonyl (C=O) groups excluding carboxylic acids is 1. The molecule has 0 fully saturated rings. The topological polar surface area (TPSA) is 51.5 Å². The van der Waals surface area contributed by atoms with Gasteiger partial charge in [-0.05, 0) is 60.5 Å². The monoisotopic (exact) mass is 339 g/mol. The Labute approximate surface area is 145 Å². The van der Waals surface area contributed by atoms with Gasteiger partial charge in [0.25, 0.3) is 5.91 Å². The number of amides is 1. The van der Waals surface area contributed by atoms with E-state index < -0.39 is 0 Å². The molecule has 3 aromatic rings. The van der Waals surface area contributed by atoms with Crippen LogP contribution in [-0.2, 0) is 13.0 Å². The standard InChI is InChI=1S/C20H18FNO3/c1-2-14-3-7-16(8-4-14)22-20(23)19-12-11-18(25-19)13-24-17-9-5-15(21)6-10-17/h3-12H,2,13H2,1H3,(H,22,23). The van der Waals surface area contributed by atoms with Gasteiger partial charge in [0.15, 0.2) is 5.76 Å². The van der Waals surface area contributed by atoms with Crippen LogP contribution in [0.1, 0.15) is 28.8 Å². The van der Waals surface area contributed by atoms with E-state index in [0.29, 0.717) is 17.2 Å². The fraction of sp³-hybridized carbons (Fsp3) is 0.150. The van der Waals surface area contributed by atoms with Gasteiger partial charge in [-0.2, -0.15) is 0 Å². The lowest BCUT2D eigenvalue weighted by molar-refractivity contribution is 0.0992. The second-order valence-corrected chi connectivity index (χ2v) is 5.51. The minimum Gasteiger partial charge on any atom is -0.486 e. The molecule has 1 aromatic heterocycles. The highest BCUT2D eigenvalue weighted by atomic mass is 19.1. The Morgan fingerprint density at radius 3 is 2.44 bits per heavy atom. The Hall–Kier alpha value is -3.08. The van der Waals surface area contributed by atoms with Crippen molar-refractivity contribution in [3.05, 3.63) is 83.6 Å². The number of rotatable bonds is 6. The zero-order valence-corrected chi connectivity index (χ0v) is 13.8. The average molecular weight is 339 g/mol. The Bertz CT molecular complexity index is 838. The van der Waals surface area contributed by atoms with Crippen LogP contribution >= 0.6 is 0 Å². The summed E-state index contributed by atoms with van der Waals surface area (Å²) in [6, 6.07) is 16.6. The Balaban J connectivity index is 1.58. The van der Waals surface area contributed by atoms with Gasteiger partial charge < -0.3 is 14.5 Å². The number of furan rings is 1. The third-order valence-corrected chi connectivity index (χ3v) is 3.70. The van der Waals surface area contributed by atoms with Crippen molar-refractivity contribution in [1.29, 1.82) is 0 Å². The smallest absolute Gasteiger partial charge is 0.291 e.